The second kappa shape index (κ2) is 8.50. The number of hydrogen-bond acceptors (Lipinski definition) is 4. The van der Waals surface area contributed by atoms with E-state index in [0.717, 1.165) is 36.8 Å². The third kappa shape index (κ3) is 4.62. The molecule has 0 N–H and O–H groups in total. The molecule has 1 aromatic rings. The van der Waals surface area contributed by atoms with Crippen molar-refractivity contribution >= 4 is 11.9 Å². The van der Waals surface area contributed by atoms with Crippen molar-refractivity contribution in [1.29, 1.82) is 0 Å². The van der Waals surface area contributed by atoms with Gasteiger partial charge in [0.15, 0.2) is 0 Å². The van der Waals surface area contributed by atoms with Crippen LogP contribution >= 0.6 is 0 Å². The van der Waals surface area contributed by atoms with Gasteiger partial charge < -0.3 is 9.47 Å². The number of carbonyl (C=O) groups is 2. The number of esters is 2. The second-order valence-corrected chi connectivity index (χ2v) is 7.12. The Morgan fingerprint density at radius 2 is 1.72 bits per heavy atom. The number of fused-ring (bicyclic) bond motifs is 1. The van der Waals surface area contributed by atoms with E-state index in [1.807, 2.05) is 46.8 Å². The summed E-state index contributed by atoms with van der Waals surface area (Å²) < 4.78 is 11.2. The van der Waals surface area contributed by atoms with E-state index in [1.165, 1.54) is 5.56 Å². The topological polar surface area (TPSA) is 52.6 Å². The number of rotatable bonds is 7. The number of carbonyl (C=O) groups excluding carboxylic acids is 2. The molecule has 0 heterocycles. The first-order valence-electron chi connectivity index (χ1n) is 9.41. The molecule has 0 amide bonds. The summed E-state index contributed by atoms with van der Waals surface area (Å²) in [6.45, 7) is 9.65. The van der Waals surface area contributed by atoms with Crippen LogP contribution in [0, 0.1) is 11.8 Å². The molecule has 0 saturated carbocycles. The zero-order chi connectivity index (χ0) is 18.6. The van der Waals surface area contributed by atoms with Crippen LogP contribution in [0.25, 0.3) is 0 Å². The van der Waals surface area contributed by atoms with E-state index in [2.05, 4.69) is 6.07 Å². The summed E-state index contributed by atoms with van der Waals surface area (Å²) >= 11 is 0. The molecular weight excluding hydrogens is 316 g/mol. The molecule has 1 aliphatic rings. The summed E-state index contributed by atoms with van der Waals surface area (Å²) in [5.74, 6) is -0.430. The van der Waals surface area contributed by atoms with E-state index in [-0.39, 0.29) is 36.0 Å². The summed E-state index contributed by atoms with van der Waals surface area (Å²) in [6, 6.07) is 6.07. The van der Waals surface area contributed by atoms with Crippen molar-refractivity contribution in [3.8, 4) is 0 Å². The summed E-state index contributed by atoms with van der Waals surface area (Å²) in [5.41, 5.74) is 3.26. The van der Waals surface area contributed by atoms with Gasteiger partial charge in [-0.1, -0.05) is 45.9 Å². The molecule has 0 spiro atoms. The van der Waals surface area contributed by atoms with E-state index in [0.29, 0.717) is 0 Å². The van der Waals surface area contributed by atoms with Gasteiger partial charge >= 0.3 is 11.9 Å². The molecule has 4 atom stereocenters. The molecule has 0 fully saturated rings. The van der Waals surface area contributed by atoms with E-state index >= 15 is 0 Å². The zero-order valence-corrected chi connectivity index (χ0v) is 16.0. The number of ether oxygens (including phenoxy) is 2. The molecular formula is C21H30O4. The summed E-state index contributed by atoms with van der Waals surface area (Å²) in [4.78, 5) is 24.0. The summed E-state index contributed by atoms with van der Waals surface area (Å²) in [6.07, 6.45) is 2.85. The van der Waals surface area contributed by atoms with Crippen molar-refractivity contribution in [3.05, 3.63) is 34.9 Å². The van der Waals surface area contributed by atoms with Crippen molar-refractivity contribution in [2.45, 2.75) is 72.5 Å². The van der Waals surface area contributed by atoms with Crippen LogP contribution < -0.4 is 0 Å². The Hall–Kier alpha value is -1.84. The van der Waals surface area contributed by atoms with Gasteiger partial charge in [0.1, 0.15) is 12.2 Å². The van der Waals surface area contributed by atoms with Crippen LogP contribution in [0.4, 0.5) is 0 Å². The van der Waals surface area contributed by atoms with Gasteiger partial charge in [-0.15, -0.1) is 0 Å². The van der Waals surface area contributed by atoms with Gasteiger partial charge in [0.05, 0.1) is 11.8 Å². The van der Waals surface area contributed by atoms with Crippen LogP contribution in [0.2, 0.25) is 0 Å². The van der Waals surface area contributed by atoms with Crippen LogP contribution in [-0.2, 0) is 25.5 Å². The fourth-order valence-electron chi connectivity index (χ4n) is 2.92. The lowest BCUT2D eigenvalue weighted by Crippen LogP contribution is -2.17. The third-order valence-electron chi connectivity index (χ3n) is 5.24. The van der Waals surface area contributed by atoms with Gasteiger partial charge in [-0.2, -0.15) is 0 Å². The lowest BCUT2D eigenvalue weighted by atomic mass is 10.0. The Bertz CT molecular complexity index is 622. The fraction of sp³-hybridized carbons (Fsp3) is 0.619. The van der Waals surface area contributed by atoms with Crippen molar-refractivity contribution in [2.75, 3.05) is 0 Å². The molecule has 4 nitrogen and oxygen atoms in total. The number of aryl methyl sites for hydroxylation is 1. The zero-order valence-electron chi connectivity index (χ0n) is 16.0. The van der Waals surface area contributed by atoms with Crippen LogP contribution in [0.15, 0.2) is 18.2 Å². The predicted octanol–water partition coefficient (Wildman–Crippen LogP) is 4.91. The van der Waals surface area contributed by atoms with Gasteiger partial charge in [0, 0.05) is 0 Å². The SMILES string of the molecule is CCC(C)C(=O)OC(C)c1ccc2c(c1)CCC2OC(=O)C(C)CC. The predicted molar refractivity (Wildman–Crippen MR) is 97.0 cm³/mol. The van der Waals surface area contributed by atoms with Crippen LogP contribution in [0.3, 0.4) is 0 Å². The maximum Gasteiger partial charge on any atom is 0.309 e. The Balaban J connectivity index is 2.06. The van der Waals surface area contributed by atoms with Gasteiger partial charge in [0.2, 0.25) is 0 Å². The quantitative estimate of drug-likeness (QED) is 0.658. The molecule has 4 heteroatoms. The molecule has 2 rings (SSSR count). The monoisotopic (exact) mass is 346 g/mol. The molecule has 1 aliphatic carbocycles. The number of benzene rings is 1. The molecule has 0 saturated heterocycles. The van der Waals surface area contributed by atoms with Crippen molar-refractivity contribution in [3.63, 3.8) is 0 Å². The molecule has 4 unspecified atom stereocenters. The van der Waals surface area contributed by atoms with Crippen molar-refractivity contribution < 1.29 is 19.1 Å². The Kier molecular flexibility index (Phi) is 6.63. The Labute approximate surface area is 150 Å². The van der Waals surface area contributed by atoms with E-state index in [1.54, 1.807) is 0 Å². The lowest BCUT2D eigenvalue weighted by molar-refractivity contribution is -0.154. The van der Waals surface area contributed by atoms with Gasteiger partial charge in [-0.05, 0) is 49.3 Å². The van der Waals surface area contributed by atoms with Crippen molar-refractivity contribution in [1.82, 2.24) is 0 Å². The maximum absolute atomic E-state index is 12.0. The largest absolute Gasteiger partial charge is 0.458 e. The Morgan fingerprint density at radius 3 is 2.36 bits per heavy atom. The van der Waals surface area contributed by atoms with Crippen molar-refractivity contribution in [2.24, 2.45) is 11.8 Å². The van der Waals surface area contributed by atoms with Crippen LogP contribution in [0.5, 0.6) is 0 Å². The third-order valence-corrected chi connectivity index (χ3v) is 5.24. The van der Waals surface area contributed by atoms with Gasteiger partial charge in [0.25, 0.3) is 0 Å². The minimum Gasteiger partial charge on any atom is -0.458 e. The van der Waals surface area contributed by atoms with Crippen LogP contribution in [-0.4, -0.2) is 11.9 Å². The number of hydrogen-bond donors (Lipinski definition) is 0. The van der Waals surface area contributed by atoms with E-state index < -0.39 is 0 Å². The second-order valence-electron chi connectivity index (χ2n) is 7.12. The highest BCUT2D eigenvalue weighted by molar-refractivity contribution is 5.72. The first kappa shape index (κ1) is 19.5. The molecule has 0 bridgehead atoms. The average molecular weight is 346 g/mol. The average Bonchev–Trinajstić information content (AvgIpc) is 3.01. The fourth-order valence-corrected chi connectivity index (χ4v) is 2.92. The minimum atomic E-state index is -0.270. The van der Waals surface area contributed by atoms with Gasteiger partial charge in [-0.3, -0.25) is 9.59 Å². The highest BCUT2D eigenvalue weighted by Crippen LogP contribution is 2.36. The summed E-state index contributed by atoms with van der Waals surface area (Å²) in [7, 11) is 0. The highest BCUT2D eigenvalue weighted by atomic mass is 16.5. The lowest BCUT2D eigenvalue weighted by Gasteiger charge is -2.19. The Morgan fingerprint density at radius 1 is 1.08 bits per heavy atom. The first-order valence-corrected chi connectivity index (χ1v) is 9.41. The minimum absolute atomic E-state index is 0.0664. The molecule has 25 heavy (non-hydrogen) atoms. The summed E-state index contributed by atoms with van der Waals surface area (Å²) in [5, 5.41) is 0. The standard InChI is InChI=1S/C21H30O4/c1-6-13(3)20(22)24-15(5)16-8-10-18-17(12-16)9-11-19(18)25-21(23)14(4)7-2/h8,10,12-15,19H,6-7,9,11H2,1-5H3. The molecule has 0 radical (unpaired) electrons. The molecule has 0 aromatic heterocycles. The molecule has 0 aliphatic heterocycles. The van der Waals surface area contributed by atoms with E-state index in [9.17, 15) is 9.59 Å². The smallest absolute Gasteiger partial charge is 0.309 e. The first-order chi connectivity index (χ1) is 11.9. The van der Waals surface area contributed by atoms with E-state index in [4.69, 9.17) is 9.47 Å². The van der Waals surface area contributed by atoms with Gasteiger partial charge in [-0.25, -0.2) is 0 Å². The normalized spacial score (nSPS) is 19.6. The molecule has 138 valence electrons. The maximum atomic E-state index is 12.0. The highest BCUT2D eigenvalue weighted by Gasteiger charge is 2.28. The van der Waals surface area contributed by atoms with Crippen LogP contribution in [0.1, 0.15) is 82.8 Å². The molecule has 1 aromatic carbocycles.